The van der Waals surface area contributed by atoms with E-state index in [1.54, 1.807) is 0 Å². The normalized spacial score (nSPS) is 24.2. The highest BCUT2D eigenvalue weighted by molar-refractivity contribution is 7.88. The molecule has 0 saturated heterocycles. The van der Waals surface area contributed by atoms with Crippen LogP contribution in [0.3, 0.4) is 0 Å². The molecule has 2 fully saturated rings. The topological polar surface area (TPSA) is 75.3 Å². The van der Waals surface area contributed by atoms with E-state index in [0.717, 1.165) is 51.2 Å². The summed E-state index contributed by atoms with van der Waals surface area (Å²) in [5.74, 6) is -0.116. The van der Waals surface area contributed by atoms with Crippen molar-refractivity contribution < 1.29 is 13.2 Å². The lowest BCUT2D eigenvalue weighted by Crippen LogP contribution is -2.60. The Morgan fingerprint density at radius 1 is 1.00 bits per heavy atom. The molecule has 2 saturated carbocycles. The van der Waals surface area contributed by atoms with Crippen molar-refractivity contribution >= 4 is 15.9 Å². The molecule has 0 aromatic heterocycles. The predicted octanol–water partition coefficient (Wildman–Crippen LogP) is 1.69. The summed E-state index contributed by atoms with van der Waals surface area (Å²) in [5, 5.41) is 3.09. The number of sulfonamides is 1. The Morgan fingerprint density at radius 2 is 1.55 bits per heavy atom. The quantitative estimate of drug-likeness (QED) is 0.830. The molecule has 5 nitrogen and oxygen atoms in total. The zero-order valence-electron chi connectivity index (χ0n) is 12.3. The van der Waals surface area contributed by atoms with Crippen LogP contribution in [0.25, 0.3) is 0 Å². The van der Waals surface area contributed by atoms with E-state index in [9.17, 15) is 13.2 Å². The van der Waals surface area contributed by atoms with E-state index in [4.69, 9.17) is 0 Å². The van der Waals surface area contributed by atoms with E-state index >= 15 is 0 Å². The van der Waals surface area contributed by atoms with E-state index < -0.39 is 15.6 Å². The largest absolute Gasteiger partial charge is 0.352 e. The second-order valence-corrected chi connectivity index (χ2v) is 8.07. The Labute approximate surface area is 121 Å². The highest BCUT2D eigenvalue weighted by atomic mass is 32.2. The van der Waals surface area contributed by atoms with Crippen molar-refractivity contribution in [1.82, 2.24) is 10.0 Å². The van der Waals surface area contributed by atoms with Crippen molar-refractivity contribution in [3.05, 3.63) is 0 Å². The lowest BCUT2D eigenvalue weighted by Gasteiger charge is -2.37. The number of hydrogen-bond donors (Lipinski definition) is 2. The summed E-state index contributed by atoms with van der Waals surface area (Å²) >= 11 is 0. The van der Waals surface area contributed by atoms with E-state index in [0.29, 0.717) is 12.8 Å². The predicted molar refractivity (Wildman–Crippen MR) is 78.8 cm³/mol. The fourth-order valence-electron chi connectivity index (χ4n) is 3.46. The van der Waals surface area contributed by atoms with Gasteiger partial charge in [-0.15, -0.1) is 0 Å². The van der Waals surface area contributed by atoms with Crippen LogP contribution in [0, 0.1) is 0 Å². The molecule has 0 unspecified atom stereocenters. The average molecular weight is 302 g/mol. The first-order chi connectivity index (χ1) is 9.41. The maximum absolute atomic E-state index is 12.6. The molecule has 0 spiro atoms. The lowest BCUT2D eigenvalue weighted by molar-refractivity contribution is -0.129. The summed E-state index contributed by atoms with van der Waals surface area (Å²) in [5.41, 5.74) is -0.913. The number of carbonyl (C=O) groups is 1. The van der Waals surface area contributed by atoms with Crippen molar-refractivity contribution in [3.63, 3.8) is 0 Å². The summed E-state index contributed by atoms with van der Waals surface area (Å²) in [6, 6.07) is 0.219. The Hall–Kier alpha value is -0.620. The molecule has 0 heterocycles. The van der Waals surface area contributed by atoms with Crippen LogP contribution in [0.2, 0.25) is 0 Å². The van der Waals surface area contributed by atoms with Gasteiger partial charge in [0.1, 0.15) is 5.54 Å². The van der Waals surface area contributed by atoms with Crippen molar-refractivity contribution in [2.75, 3.05) is 6.26 Å². The number of nitrogens with one attached hydrogen (secondary N) is 2. The molecule has 6 heteroatoms. The minimum absolute atomic E-state index is 0.116. The van der Waals surface area contributed by atoms with E-state index in [1.807, 2.05) is 0 Å². The molecule has 2 aliphatic carbocycles. The summed E-state index contributed by atoms with van der Waals surface area (Å²) in [7, 11) is -3.38. The summed E-state index contributed by atoms with van der Waals surface area (Å²) < 4.78 is 25.8. The molecule has 0 aromatic carbocycles. The van der Waals surface area contributed by atoms with Gasteiger partial charge in [0.2, 0.25) is 15.9 Å². The molecule has 0 aliphatic heterocycles. The minimum Gasteiger partial charge on any atom is -0.352 e. The maximum atomic E-state index is 12.6. The maximum Gasteiger partial charge on any atom is 0.241 e. The fourth-order valence-corrected chi connectivity index (χ4v) is 4.46. The van der Waals surface area contributed by atoms with Gasteiger partial charge in [0.25, 0.3) is 0 Å². The molecule has 20 heavy (non-hydrogen) atoms. The Bertz CT molecular complexity index is 435. The van der Waals surface area contributed by atoms with Crippen molar-refractivity contribution in [2.24, 2.45) is 0 Å². The number of amides is 1. The third-order valence-corrected chi connectivity index (χ3v) is 5.22. The van der Waals surface area contributed by atoms with E-state index in [1.165, 1.54) is 6.42 Å². The highest BCUT2D eigenvalue weighted by Crippen LogP contribution is 2.30. The number of rotatable bonds is 4. The molecular weight excluding hydrogens is 276 g/mol. The molecule has 0 radical (unpaired) electrons. The Kier molecular flexibility index (Phi) is 5.07. The third kappa shape index (κ3) is 4.19. The number of hydrogen-bond acceptors (Lipinski definition) is 3. The third-order valence-electron chi connectivity index (χ3n) is 4.46. The van der Waals surface area contributed by atoms with Gasteiger partial charge in [-0.25, -0.2) is 8.42 Å². The SMILES string of the molecule is CS(=O)(=O)NC1(C(=O)NC2CCCCC2)CCCCC1. The zero-order chi connectivity index (χ0) is 14.6. The van der Waals surface area contributed by atoms with E-state index in [-0.39, 0.29) is 11.9 Å². The minimum atomic E-state index is -3.38. The summed E-state index contributed by atoms with van der Waals surface area (Å²) in [6.07, 6.45) is 10.8. The molecular formula is C14H26N2O3S. The van der Waals surface area contributed by atoms with Crippen LogP contribution < -0.4 is 10.0 Å². The van der Waals surface area contributed by atoms with Crippen LogP contribution in [-0.4, -0.2) is 32.2 Å². The van der Waals surface area contributed by atoms with Crippen molar-refractivity contribution in [2.45, 2.75) is 75.8 Å². The first-order valence-electron chi connectivity index (χ1n) is 7.71. The van der Waals surface area contributed by atoms with Gasteiger partial charge in [0.05, 0.1) is 6.26 Å². The molecule has 2 N–H and O–H groups in total. The Balaban J connectivity index is 2.06. The van der Waals surface area contributed by atoms with Crippen LogP contribution >= 0.6 is 0 Å². The lowest BCUT2D eigenvalue weighted by atomic mass is 9.81. The molecule has 0 aromatic rings. The van der Waals surface area contributed by atoms with E-state index in [2.05, 4.69) is 10.0 Å². The first kappa shape index (κ1) is 15.8. The van der Waals surface area contributed by atoms with Gasteiger partial charge >= 0.3 is 0 Å². The highest BCUT2D eigenvalue weighted by Gasteiger charge is 2.42. The standard InChI is InChI=1S/C14H26N2O3S/c1-20(18,19)16-14(10-6-3-7-11-14)13(17)15-12-8-4-2-5-9-12/h12,16H,2-11H2,1H3,(H,15,17). The molecule has 116 valence electrons. The zero-order valence-corrected chi connectivity index (χ0v) is 13.1. The number of carbonyl (C=O) groups excluding carboxylic acids is 1. The van der Waals surface area contributed by atoms with Gasteiger partial charge < -0.3 is 5.32 Å². The van der Waals surface area contributed by atoms with Crippen molar-refractivity contribution in [1.29, 1.82) is 0 Å². The average Bonchev–Trinajstić information content (AvgIpc) is 2.39. The Morgan fingerprint density at radius 3 is 2.10 bits per heavy atom. The molecule has 2 aliphatic rings. The van der Waals surface area contributed by atoms with Gasteiger partial charge in [-0.05, 0) is 25.7 Å². The van der Waals surface area contributed by atoms with Crippen LogP contribution in [-0.2, 0) is 14.8 Å². The smallest absolute Gasteiger partial charge is 0.241 e. The second-order valence-electron chi connectivity index (χ2n) is 6.33. The van der Waals surface area contributed by atoms with Gasteiger partial charge in [-0.2, -0.15) is 4.72 Å². The monoisotopic (exact) mass is 302 g/mol. The van der Waals surface area contributed by atoms with Gasteiger partial charge in [0, 0.05) is 6.04 Å². The van der Waals surface area contributed by atoms with Gasteiger partial charge in [-0.1, -0.05) is 38.5 Å². The van der Waals surface area contributed by atoms with Crippen LogP contribution in [0.1, 0.15) is 64.2 Å². The van der Waals surface area contributed by atoms with Crippen molar-refractivity contribution in [3.8, 4) is 0 Å². The summed E-state index contributed by atoms with van der Waals surface area (Å²) in [4.78, 5) is 12.6. The second kappa shape index (κ2) is 6.43. The van der Waals surface area contributed by atoms with Crippen LogP contribution in [0.15, 0.2) is 0 Å². The molecule has 0 bridgehead atoms. The first-order valence-corrected chi connectivity index (χ1v) is 9.60. The summed E-state index contributed by atoms with van der Waals surface area (Å²) in [6.45, 7) is 0. The fraction of sp³-hybridized carbons (Fsp3) is 0.929. The van der Waals surface area contributed by atoms with Crippen LogP contribution in [0.5, 0.6) is 0 Å². The molecule has 2 rings (SSSR count). The van der Waals surface area contributed by atoms with Gasteiger partial charge in [-0.3, -0.25) is 4.79 Å². The molecule has 1 amide bonds. The van der Waals surface area contributed by atoms with Crippen LogP contribution in [0.4, 0.5) is 0 Å². The molecule has 0 atom stereocenters. The van der Waals surface area contributed by atoms with Gasteiger partial charge in [0.15, 0.2) is 0 Å².